The number of hydrogen-bond acceptors (Lipinski definition) is 1. The average molecular weight is 253 g/mol. The van der Waals surface area contributed by atoms with Gasteiger partial charge in [0, 0.05) is 0 Å². The van der Waals surface area contributed by atoms with Crippen molar-refractivity contribution in [1.82, 2.24) is 0 Å². The van der Waals surface area contributed by atoms with Gasteiger partial charge in [-0.25, -0.2) is 0 Å². The third-order valence-electron chi connectivity index (χ3n) is 2.76. The molecule has 0 bridgehead atoms. The lowest BCUT2D eigenvalue weighted by atomic mass is 10.1. The highest BCUT2D eigenvalue weighted by Gasteiger charge is 1.98. The summed E-state index contributed by atoms with van der Waals surface area (Å²) in [6, 6.07) is 8.30. The second-order valence-corrected chi connectivity index (χ2v) is 4.83. The Balaban J connectivity index is 2.44. The van der Waals surface area contributed by atoms with E-state index in [-0.39, 0.29) is 5.38 Å². The van der Waals surface area contributed by atoms with Crippen LogP contribution in [0.5, 0.6) is 5.75 Å². The summed E-state index contributed by atoms with van der Waals surface area (Å²) in [5, 5.41) is 0.135. The molecule has 0 radical (unpaired) electrons. The van der Waals surface area contributed by atoms with E-state index in [1.165, 1.54) is 11.1 Å². The zero-order valence-electron chi connectivity index (χ0n) is 10.9. The summed E-state index contributed by atoms with van der Waals surface area (Å²) in [4.78, 5) is 0. The standard InChI is InChI=1S/C15H21ClO/c1-4-17-15-10-8-14(9-11-15)7-5-6-12(2)13(3)16/h6,8-11,13H,4-5,7H2,1-3H3/b12-6-/t13-/m1/s1. The zero-order valence-corrected chi connectivity index (χ0v) is 11.6. The third-order valence-corrected chi connectivity index (χ3v) is 3.11. The van der Waals surface area contributed by atoms with Gasteiger partial charge in [-0.05, 0) is 51.3 Å². The number of ether oxygens (including phenoxy) is 1. The summed E-state index contributed by atoms with van der Waals surface area (Å²) in [6.45, 7) is 6.80. The van der Waals surface area contributed by atoms with Crippen LogP contribution in [0, 0.1) is 0 Å². The average Bonchev–Trinajstić information content (AvgIpc) is 2.31. The Bertz CT molecular complexity index is 352. The van der Waals surface area contributed by atoms with Crippen LogP contribution in [0.3, 0.4) is 0 Å². The highest BCUT2D eigenvalue weighted by Crippen LogP contribution is 2.14. The third kappa shape index (κ3) is 5.27. The Hall–Kier alpha value is -0.950. The first-order valence-corrected chi connectivity index (χ1v) is 6.59. The first kappa shape index (κ1) is 14.1. The lowest BCUT2D eigenvalue weighted by molar-refractivity contribution is 0.340. The summed E-state index contributed by atoms with van der Waals surface area (Å²) in [5.41, 5.74) is 2.58. The topological polar surface area (TPSA) is 9.23 Å². The maximum Gasteiger partial charge on any atom is 0.119 e. The fourth-order valence-electron chi connectivity index (χ4n) is 1.55. The van der Waals surface area contributed by atoms with E-state index in [2.05, 4.69) is 25.1 Å². The van der Waals surface area contributed by atoms with Crippen LogP contribution >= 0.6 is 11.6 Å². The molecule has 0 amide bonds. The molecule has 0 aromatic heterocycles. The Labute approximate surface area is 109 Å². The fourth-order valence-corrected chi connectivity index (χ4v) is 1.64. The highest BCUT2D eigenvalue weighted by molar-refractivity contribution is 6.22. The van der Waals surface area contributed by atoms with E-state index in [9.17, 15) is 0 Å². The van der Waals surface area contributed by atoms with Gasteiger partial charge in [0.2, 0.25) is 0 Å². The van der Waals surface area contributed by atoms with Gasteiger partial charge in [0.1, 0.15) is 5.75 Å². The fraction of sp³-hybridized carbons (Fsp3) is 0.467. The first-order valence-electron chi connectivity index (χ1n) is 6.16. The van der Waals surface area contributed by atoms with Gasteiger partial charge in [0.05, 0.1) is 12.0 Å². The minimum Gasteiger partial charge on any atom is -0.494 e. The van der Waals surface area contributed by atoms with Crippen LogP contribution in [-0.2, 0) is 6.42 Å². The number of rotatable bonds is 6. The summed E-state index contributed by atoms with van der Waals surface area (Å²) >= 11 is 5.98. The molecule has 0 saturated carbocycles. The lowest BCUT2D eigenvalue weighted by Crippen LogP contribution is -1.93. The largest absolute Gasteiger partial charge is 0.494 e. The van der Waals surface area contributed by atoms with Gasteiger partial charge in [-0.2, -0.15) is 0 Å². The Kier molecular flexibility index (Phi) is 6.13. The highest BCUT2D eigenvalue weighted by atomic mass is 35.5. The molecular weight excluding hydrogens is 232 g/mol. The first-order chi connectivity index (χ1) is 8.13. The Morgan fingerprint density at radius 1 is 1.35 bits per heavy atom. The number of halogens is 1. The molecule has 1 aromatic carbocycles. The van der Waals surface area contributed by atoms with Crippen molar-refractivity contribution in [1.29, 1.82) is 0 Å². The normalized spacial score (nSPS) is 13.5. The van der Waals surface area contributed by atoms with Crippen molar-refractivity contribution in [2.45, 2.75) is 39.0 Å². The molecule has 17 heavy (non-hydrogen) atoms. The monoisotopic (exact) mass is 252 g/mol. The Morgan fingerprint density at radius 3 is 2.53 bits per heavy atom. The summed E-state index contributed by atoms with van der Waals surface area (Å²) in [5.74, 6) is 0.942. The summed E-state index contributed by atoms with van der Waals surface area (Å²) < 4.78 is 5.41. The van der Waals surface area contributed by atoms with E-state index in [4.69, 9.17) is 16.3 Å². The molecular formula is C15H21ClO. The molecule has 0 aliphatic carbocycles. The van der Waals surface area contributed by atoms with E-state index >= 15 is 0 Å². The number of benzene rings is 1. The van der Waals surface area contributed by atoms with Crippen LogP contribution in [0.2, 0.25) is 0 Å². The second kappa shape index (κ2) is 7.39. The van der Waals surface area contributed by atoms with Gasteiger partial charge >= 0.3 is 0 Å². The van der Waals surface area contributed by atoms with Crippen molar-refractivity contribution in [2.24, 2.45) is 0 Å². The molecule has 0 fully saturated rings. The van der Waals surface area contributed by atoms with Gasteiger partial charge in [0.25, 0.3) is 0 Å². The number of alkyl halides is 1. The predicted molar refractivity (Wildman–Crippen MR) is 75.0 cm³/mol. The van der Waals surface area contributed by atoms with E-state index in [0.29, 0.717) is 0 Å². The van der Waals surface area contributed by atoms with Gasteiger partial charge in [-0.1, -0.05) is 23.8 Å². The van der Waals surface area contributed by atoms with Crippen LogP contribution in [-0.4, -0.2) is 12.0 Å². The van der Waals surface area contributed by atoms with Crippen molar-refractivity contribution in [3.05, 3.63) is 41.5 Å². The van der Waals surface area contributed by atoms with E-state index in [0.717, 1.165) is 25.2 Å². The van der Waals surface area contributed by atoms with Crippen molar-refractivity contribution in [2.75, 3.05) is 6.61 Å². The second-order valence-electron chi connectivity index (χ2n) is 4.18. The van der Waals surface area contributed by atoms with Gasteiger partial charge < -0.3 is 4.74 Å². The van der Waals surface area contributed by atoms with Crippen molar-refractivity contribution >= 4 is 11.6 Å². The summed E-state index contributed by atoms with van der Waals surface area (Å²) in [7, 11) is 0. The minimum atomic E-state index is 0.135. The van der Waals surface area contributed by atoms with Crippen LogP contribution in [0.4, 0.5) is 0 Å². The molecule has 1 atom stereocenters. The molecule has 2 heteroatoms. The molecule has 1 aromatic rings. The molecule has 1 rings (SSSR count). The molecule has 1 nitrogen and oxygen atoms in total. The molecule has 0 heterocycles. The maximum atomic E-state index is 5.98. The number of allylic oxidation sites excluding steroid dienone is 2. The maximum absolute atomic E-state index is 5.98. The predicted octanol–water partition coefficient (Wildman–Crippen LogP) is 4.59. The lowest BCUT2D eigenvalue weighted by Gasteiger charge is -2.05. The minimum absolute atomic E-state index is 0.135. The van der Waals surface area contributed by atoms with Crippen molar-refractivity contribution < 1.29 is 4.74 Å². The van der Waals surface area contributed by atoms with Gasteiger partial charge in [-0.3, -0.25) is 0 Å². The molecule has 0 N–H and O–H groups in total. The zero-order chi connectivity index (χ0) is 12.7. The number of aryl methyl sites for hydroxylation is 1. The number of hydrogen-bond donors (Lipinski definition) is 0. The molecule has 0 aliphatic rings. The van der Waals surface area contributed by atoms with E-state index in [1.54, 1.807) is 0 Å². The van der Waals surface area contributed by atoms with Gasteiger partial charge in [-0.15, -0.1) is 11.6 Å². The van der Waals surface area contributed by atoms with Crippen LogP contribution in [0.15, 0.2) is 35.9 Å². The van der Waals surface area contributed by atoms with Crippen molar-refractivity contribution in [3.63, 3.8) is 0 Å². The Morgan fingerprint density at radius 2 is 2.00 bits per heavy atom. The van der Waals surface area contributed by atoms with Crippen LogP contribution in [0.25, 0.3) is 0 Å². The van der Waals surface area contributed by atoms with Gasteiger partial charge in [0.15, 0.2) is 0 Å². The smallest absolute Gasteiger partial charge is 0.119 e. The quantitative estimate of drug-likeness (QED) is 0.531. The van der Waals surface area contributed by atoms with Crippen molar-refractivity contribution in [3.8, 4) is 5.75 Å². The molecule has 0 aliphatic heterocycles. The summed E-state index contributed by atoms with van der Waals surface area (Å²) in [6.07, 6.45) is 4.30. The molecule has 0 saturated heterocycles. The van der Waals surface area contributed by atoms with Crippen LogP contribution in [0.1, 0.15) is 32.8 Å². The van der Waals surface area contributed by atoms with E-state index in [1.807, 2.05) is 26.0 Å². The molecule has 0 unspecified atom stereocenters. The van der Waals surface area contributed by atoms with Crippen LogP contribution < -0.4 is 4.74 Å². The SMILES string of the molecule is CCOc1ccc(CC/C=C(/C)[C@@H](C)Cl)cc1. The molecule has 0 spiro atoms. The molecule has 94 valence electrons. The van der Waals surface area contributed by atoms with E-state index < -0.39 is 0 Å².